The summed E-state index contributed by atoms with van der Waals surface area (Å²) < 4.78 is 4.79. The Morgan fingerprint density at radius 1 is 1.12 bits per heavy atom. The predicted molar refractivity (Wildman–Crippen MR) is 97.7 cm³/mol. The smallest absolute Gasteiger partial charge is 0.308 e. The van der Waals surface area contributed by atoms with Gasteiger partial charge in [-0.2, -0.15) is 0 Å². The van der Waals surface area contributed by atoms with Gasteiger partial charge in [0.25, 0.3) is 0 Å². The van der Waals surface area contributed by atoms with E-state index in [4.69, 9.17) is 4.74 Å². The number of methoxy groups -OCH3 is 1. The van der Waals surface area contributed by atoms with E-state index < -0.39 is 0 Å². The summed E-state index contributed by atoms with van der Waals surface area (Å²) in [6.45, 7) is 5.50. The van der Waals surface area contributed by atoms with Gasteiger partial charge in [-0.1, -0.05) is 12.1 Å². The molecule has 0 saturated carbocycles. The van der Waals surface area contributed by atoms with Crippen LogP contribution in [-0.4, -0.2) is 49.4 Å². The van der Waals surface area contributed by atoms with Crippen molar-refractivity contribution in [3.8, 4) is 0 Å². The Balaban J connectivity index is 1.64. The number of rotatable bonds is 3. The Bertz CT molecular complexity index is 723. The second kappa shape index (κ2) is 7.48. The summed E-state index contributed by atoms with van der Waals surface area (Å²) >= 11 is 0. The molecule has 0 aliphatic carbocycles. The number of anilines is 1. The SMILES string of the molecule is COC(=O)C1CCN(C(=O)C2CC(=O)N(c3cc(C)ccc3C)C2)CC1. The molecule has 2 aliphatic heterocycles. The van der Waals surface area contributed by atoms with Crippen LogP contribution in [0.3, 0.4) is 0 Å². The van der Waals surface area contributed by atoms with Gasteiger partial charge in [0.1, 0.15) is 0 Å². The van der Waals surface area contributed by atoms with Gasteiger partial charge in [-0.25, -0.2) is 0 Å². The van der Waals surface area contributed by atoms with E-state index in [-0.39, 0.29) is 36.0 Å². The minimum absolute atomic E-state index is 0.00139. The molecular weight excluding hydrogens is 332 g/mol. The fourth-order valence-electron chi connectivity index (χ4n) is 3.88. The summed E-state index contributed by atoms with van der Waals surface area (Å²) in [6.07, 6.45) is 1.50. The molecule has 0 N–H and O–H groups in total. The molecule has 6 nitrogen and oxygen atoms in total. The molecule has 2 saturated heterocycles. The quantitative estimate of drug-likeness (QED) is 0.776. The number of esters is 1. The van der Waals surface area contributed by atoms with Crippen molar-refractivity contribution in [2.24, 2.45) is 11.8 Å². The van der Waals surface area contributed by atoms with Gasteiger partial charge in [-0.3, -0.25) is 14.4 Å². The monoisotopic (exact) mass is 358 g/mol. The summed E-state index contributed by atoms with van der Waals surface area (Å²) in [7, 11) is 1.39. The Morgan fingerprint density at radius 3 is 2.46 bits per heavy atom. The first-order chi connectivity index (χ1) is 12.4. The number of ether oxygens (including phenoxy) is 1. The third-order valence-electron chi connectivity index (χ3n) is 5.47. The van der Waals surface area contributed by atoms with E-state index in [1.165, 1.54) is 7.11 Å². The standard InChI is InChI=1S/C20H26N2O4/c1-13-4-5-14(2)17(10-13)22-12-16(11-18(22)23)19(24)21-8-6-15(7-9-21)20(25)26-3/h4-5,10,15-16H,6-9,11-12H2,1-3H3. The highest BCUT2D eigenvalue weighted by Crippen LogP contribution is 2.30. The number of carbonyl (C=O) groups excluding carboxylic acids is 3. The van der Waals surface area contributed by atoms with Crippen molar-refractivity contribution in [1.29, 1.82) is 0 Å². The largest absolute Gasteiger partial charge is 0.469 e. The van der Waals surface area contributed by atoms with E-state index in [1.807, 2.05) is 32.0 Å². The Kier molecular flexibility index (Phi) is 5.30. The van der Waals surface area contributed by atoms with E-state index in [0.29, 0.717) is 32.5 Å². The molecule has 0 aromatic heterocycles. The number of piperidine rings is 1. The molecule has 1 aromatic carbocycles. The number of nitrogens with zero attached hydrogens (tertiary/aromatic N) is 2. The molecule has 1 unspecified atom stereocenters. The second-order valence-corrected chi connectivity index (χ2v) is 7.32. The van der Waals surface area contributed by atoms with E-state index in [2.05, 4.69) is 0 Å². The highest BCUT2D eigenvalue weighted by Gasteiger charge is 2.39. The lowest BCUT2D eigenvalue weighted by Crippen LogP contribution is -2.43. The van der Waals surface area contributed by atoms with Gasteiger partial charge in [0.05, 0.1) is 18.9 Å². The maximum atomic E-state index is 12.9. The number of hydrogen-bond acceptors (Lipinski definition) is 4. The molecular formula is C20H26N2O4. The van der Waals surface area contributed by atoms with Crippen molar-refractivity contribution in [1.82, 2.24) is 4.90 Å². The fourth-order valence-corrected chi connectivity index (χ4v) is 3.88. The molecule has 0 spiro atoms. The van der Waals surface area contributed by atoms with E-state index in [9.17, 15) is 14.4 Å². The maximum absolute atomic E-state index is 12.9. The van der Waals surface area contributed by atoms with Crippen molar-refractivity contribution in [3.63, 3.8) is 0 Å². The lowest BCUT2D eigenvalue weighted by Gasteiger charge is -2.32. The van der Waals surface area contributed by atoms with Gasteiger partial charge in [0.2, 0.25) is 11.8 Å². The van der Waals surface area contributed by atoms with Crippen molar-refractivity contribution in [2.75, 3.05) is 31.6 Å². The zero-order valence-corrected chi connectivity index (χ0v) is 15.7. The molecule has 2 fully saturated rings. The summed E-state index contributed by atoms with van der Waals surface area (Å²) in [5.74, 6) is -0.608. The number of likely N-dealkylation sites (tertiary alicyclic amines) is 1. The van der Waals surface area contributed by atoms with Crippen LogP contribution in [-0.2, 0) is 19.1 Å². The molecule has 3 rings (SSSR count). The average Bonchev–Trinajstić information content (AvgIpc) is 3.04. The van der Waals surface area contributed by atoms with Gasteiger partial charge in [-0.05, 0) is 43.9 Å². The van der Waals surface area contributed by atoms with Gasteiger partial charge < -0.3 is 14.5 Å². The first-order valence-electron chi connectivity index (χ1n) is 9.15. The number of benzene rings is 1. The summed E-state index contributed by atoms with van der Waals surface area (Å²) in [5.41, 5.74) is 3.03. The maximum Gasteiger partial charge on any atom is 0.308 e. The number of hydrogen-bond donors (Lipinski definition) is 0. The van der Waals surface area contributed by atoms with Gasteiger partial charge in [-0.15, -0.1) is 0 Å². The first kappa shape index (κ1) is 18.4. The van der Waals surface area contributed by atoms with Crippen LogP contribution in [0.25, 0.3) is 0 Å². The minimum Gasteiger partial charge on any atom is -0.469 e. The number of carbonyl (C=O) groups is 3. The van der Waals surface area contributed by atoms with Crippen molar-refractivity contribution in [3.05, 3.63) is 29.3 Å². The highest BCUT2D eigenvalue weighted by molar-refractivity contribution is 6.00. The lowest BCUT2D eigenvalue weighted by atomic mass is 9.95. The molecule has 140 valence electrons. The molecule has 1 atom stereocenters. The van der Waals surface area contributed by atoms with Crippen LogP contribution in [0.5, 0.6) is 0 Å². The molecule has 0 radical (unpaired) electrons. The van der Waals surface area contributed by atoms with E-state index in [1.54, 1.807) is 9.80 Å². The first-order valence-corrected chi connectivity index (χ1v) is 9.15. The van der Waals surface area contributed by atoms with Gasteiger partial charge in [0.15, 0.2) is 0 Å². The average molecular weight is 358 g/mol. The van der Waals surface area contributed by atoms with Crippen molar-refractivity contribution < 1.29 is 19.1 Å². The third-order valence-corrected chi connectivity index (χ3v) is 5.47. The van der Waals surface area contributed by atoms with Gasteiger partial charge >= 0.3 is 5.97 Å². The Morgan fingerprint density at radius 2 is 1.81 bits per heavy atom. The Hall–Kier alpha value is -2.37. The van der Waals surface area contributed by atoms with E-state index in [0.717, 1.165) is 16.8 Å². The molecule has 6 heteroatoms. The van der Waals surface area contributed by atoms with Crippen LogP contribution in [0.2, 0.25) is 0 Å². The molecule has 0 bridgehead atoms. The van der Waals surface area contributed by atoms with Crippen LogP contribution in [0.4, 0.5) is 5.69 Å². The molecule has 2 heterocycles. The third kappa shape index (κ3) is 3.59. The fraction of sp³-hybridized carbons (Fsp3) is 0.550. The van der Waals surface area contributed by atoms with Gasteiger partial charge in [0, 0.05) is 31.7 Å². The normalized spacial score (nSPS) is 21.2. The second-order valence-electron chi connectivity index (χ2n) is 7.32. The van der Waals surface area contributed by atoms with Crippen LogP contribution >= 0.6 is 0 Å². The lowest BCUT2D eigenvalue weighted by molar-refractivity contribution is -0.149. The van der Waals surface area contributed by atoms with E-state index >= 15 is 0 Å². The zero-order chi connectivity index (χ0) is 18.8. The van der Waals surface area contributed by atoms with Crippen molar-refractivity contribution in [2.45, 2.75) is 33.1 Å². The number of aryl methyl sites for hydroxylation is 2. The molecule has 2 amide bonds. The molecule has 26 heavy (non-hydrogen) atoms. The molecule has 1 aromatic rings. The summed E-state index contributed by atoms with van der Waals surface area (Å²) in [6, 6.07) is 6.03. The van der Waals surface area contributed by atoms with Crippen LogP contribution in [0, 0.1) is 25.7 Å². The van der Waals surface area contributed by atoms with Crippen molar-refractivity contribution >= 4 is 23.5 Å². The predicted octanol–water partition coefficient (Wildman–Crippen LogP) is 2.07. The minimum atomic E-state index is -0.308. The topological polar surface area (TPSA) is 66.9 Å². The number of amides is 2. The van der Waals surface area contributed by atoms with Crippen LogP contribution in [0.15, 0.2) is 18.2 Å². The van der Waals surface area contributed by atoms with Crippen LogP contribution in [0.1, 0.15) is 30.4 Å². The summed E-state index contributed by atoms with van der Waals surface area (Å²) in [5, 5.41) is 0. The zero-order valence-electron chi connectivity index (χ0n) is 15.7. The highest BCUT2D eigenvalue weighted by atomic mass is 16.5. The molecule has 2 aliphatic rings. The Labute approximate surface area is 154 Å². The van der Waals surface area contributed by atoms with Crippen LogP contribution < -0.4 is 4.90 Å². The summed E-state index contributed by atoms with van der Waals surface area (Å²) in [4.78, 5) is 40.5.